The largest absolute Gasteiger partial charge is 0.378 e. The number of nitrogens with zero attached hydrogens (tertiary/aromatic N) is 6. The molecule has 8 heteroatoms. The molecule has 0 aromatic carbocycles. The molecule has 2 fully saturated rings. The molecule has 5 rings (SSSR count). The van der Waals surface area contributed by atoms with Crippen molar-refractivity contribution in [1.82, 2.24) is 24.5 Å². The van der Waals surface area contributed by atoms with Crippen LogP contribution in [-0.4, -0.2) is 50.8 Å². The molecular formula is C16H18N6OS. The molecule has 0 amide bonds. The monoisotopic (exact) mass is 342 g/mol. The van der Waals surface area contributed by atoms with Crippen LogP contribution < -0.4 is 4.90 Å². The Balaban J connectivity index is 1.45. The summed E-state index contributed by atoms with van der Waals surface area (Å²) in [4.78, 5) is 20.5. The van der Waals surface area contributed by atoms with Crippen LogP contribution in [0.25, 0.3) is 11.2 Å². The average molecular weight is 342 g/mol. The van der Waals surface area contributed by atoms with Gasteiger partial charge in [0.25, 0.3) is 0 Å². The van der Waals surface area contributed by atoms with Crippen molar-refractivity contribution < 1.29 is 4.74 Å². The van der Waals surface area contributed by atoms with Gasteiger partial charge >= 0.3 is 0 Å². The summed E-state index contributed by atoms with van der Waals surface area (Å²) in [6.45, 7) is 3.86. The van der Waals surface area contributed by atoms with Crippen LogP contribution in [0.1, 0.15) is 29.5 Å². The maximum absolute atomic E-state index is 5.43. The Kier molecular flexibility index (Phi) is 3.45. The van der Waals surface area contributed by atoms with Gasteiger partial charge in [0.2, 0.25) is 0 Å². The molecule has 0 unspecified atom stereocenters. The number of morpholine rings is 1. The van der Waals surface area contributed by atoms with Gasteiger partial charge in [0.1, 0.15) is 6.33 Å². The number of anilines is 1. The normalized spacial score (nSPS) is 18.4. The van der Waals surface area contributed by atoms with Crippen LogP contribution in [0.5, 0.6) is 0 Å². The van der Waals surface area contributed by atoms with Crippen LogP contribution in [0.3, 0.4) is 0 Å². The molecule has 2 aliphatic rings. The predicted octanol–water partition coefficient (Wildman–Crippen LogP) is 2.05. The van der Waals surface area contributed by atoms with Gasteiger partial charge in [-0.2, -0.15) is 0 Å². The fourth-order valence-corrected chi connectivity index (χ4v) is 4.06. The zero-order valence-electron chi connectivity index (χ0n) is 13.3. The molecule has 3 aromatic heterocycles. The molecule has 24 heavy (non-hydrogen) atoms. The molecule has 4 heterocycles. The summed E-state index contributed by atoms with van der Waals surface area (Å²) in [6, 6.07) is 0. The van der Waals surface area contributed by atoms with Crippen LogP contribution in [0.15, 0.2) is 18.0 Å². The van der Waals surface area contributed by atoms with E-state index in [1.54, 1.807) is 17.7 Å². The summed E-state index contributed by atoms with van der Waals surface area (Å²) in [7, 11) is 0. The number of rotatable bonds is 4. The third-order valence-electron chi connectivity index (χ3n) is 4.52. The number of imidazole rings is 1. The van der Waals surface area contributed by atoms with E-state index < -0.39 is 0 Å². The SMILES string of the molecule is c1nc(N2CCOCC2)c2ncn(Cc3csc(C4CC4)n3)c2n1. The fourth-order valence-electron chi connectivity index (χ4n) is 3.08. The van der Waals surface area contributed by atoms with E-state index >= 15 is 0 Å². The van der Waals surface area contributed by atoms with Crippen molar-refractivity contribution >= 4 is 28.3 Å². The standard InChI is InChI=1S/C16H18N6OS/c1-2-11(1)16-20-12(8-24-16)7-22-10-19-13-14(17-9-18-15(13)22)21-3-5-23-6-4-21/h8-11H,1-7H2. The minimum Gasteiger partial charge on any atom is -0.378 e. The highest BCUT2D eigenvalue weighted by molar-refractivity contribution is 7.09. The second-order valence-electron chi connectivity index (χ2n) is 6.29. The molecule has 1 aliphatic carbocycles. The first-order valence-electron chi connectivity index (χ1n) is 8.31. The predicted molar refractivity (Wildman–Crippen MR) is 91.5 cm³/mol. The summed E-state index contributed by atoms with van der Waals surface area (Å²) in [5, 5.41) is 3.43. The number of aromatic nitrogens is 5. The van der Waals surface area contributed by atoms with E-state index in [1.165, 1.54) is 17.8 Å². The molecule has 1 saturated carbocycles. The van der Waals surface area contributed by atoms with Gasteiger partial charge in [0.15, 0.2) is 17.0 Å². The average Bonchev–Trinajstić information content (AvgIpc) is 3.25. The number of fused-ring (bicyclic) bond motifs is 1. The maximum Gasteiger partial charge on any atom is 0.165 e. The lowest BCUT2D eigenvalue weighted by Crippen LogP contribution is -2.36. The lowest BCUT2D eigenvalue weighted by Gasteiger charge is -2.27. The van der Waals surface area contributed by atoms with Gasteiger partial charge in [-0.1, -0.05) is 0 Å². The third-order valence-corrected chi connectivity index (χ3v) is 5.58. The van der Waals surface area contributed by atoms with E-state index in [0.29, 0.717) is 12.5 Å². The van der Waals surface area contributed by atoms with E-state index in [2.05, 4.69) is 29.8 Å². The Hall–Kier alpha value is -2.06. The molecule has 1 aliphatic heterocycles. The van der Waals surface area contributed by atoms with Crippen molar-refractivity contribution in [2.45, 2.75) is 25.3 Å². The molecular weight excluding hydrogens is 324 g/mol. The van der Waals surface area contributed by atoms with E-state index in [-0.39, 0.29) is 0 Å². The van der Waals surface area contributed by atoms with Crippen LogP contribution in [-0.2, 0) is 11.3 Å². The molecule has 0 atom stereocenters. The van der Waals surface area contributed by atoms with E-state index in [9.17, 15) is 0 Å². The molecule has 0 radical (unpaired) electrons. The first-order chi connectivity index (χ1) is 11.9. The Morgan fingerprint density at radius 1 is 1.17 bits per heavy atom. The van der Waals surface area contributed by atoms with Gasteiger partial charge in [-0.05, 0) is 12.8 Å². The topological polar surface area (TPSA) is 69.0 Å². The second kappa shape index (κ2) is 5.78. The summed E-state index contributed by atoms with van der Waals surface area (Å²) < 4.78 is 7.49. The Morgan fingerprint density at radius 2 is 2.04 bits per heavy atom. The zero-order chi connectivity index (χ0) is 15.9. The van der Waals surface area contributed by atoms with Gasteiger partial charge < -0.3 is 14.2 Å². The Labute approximate surface area is 143 Å². The zero-order valence-corrected chi connectivity index (χ0v) is 14.1. The van der Waals surface area contributed by atoms with Crippen molar-refractivity contribution in [3.05, 3.63) is 28.7 Å². The van der Waals surface area contributed by atoms with Crippen molar-refractivity contribution in [1.29, 1.82) is 0 Å². The number of hydrogen-bond acceptors (Lipinski definition) is 7. The van der Waals surface area contributed by atoms with Gasteiger partial charge in [-0.15, -0.1) is 11.3 Å². The quantitative estimate of drug-likeness (QED) is 0.723. The first kappa shape index (κ1) is 14.3. The Bertz CT molecular complexity index is 864. The Morgan fingerprint density at radius 3 is 2.88 bits per heavy atom. The molecule has 124 valence electrons. The minimum atomic E-state index is 0.707. The molecule has 0 N–H and O–H groups in total. The van der Waals surface area contributed by atoms with Crippen molar-refractivity contribution in [2.75, 3.05) is 31.2 Å². The van der Waals surface area contributed by atoms with Gasteiger partial charge in [0, 0.05) is 24.4 Å². The highest BCUT2D eigenvalue weighted by Crippen LogP contribution is 2.41. The number of hydrogen-bond donors (Lipinski definition) is 0. The molecule has 3 aromatic rings. The number of thiazole rings is 1. The highest BCUT2D eigenvalue weighted by Gasteiger charge is 2.26. The van der Waals surface area contributed by atoms with E-state index in [4.69, 9.17) is 9.72 Å². The van der Waals surface area contributed by atoms with E-state index in [0.717, 1.165) is 49.0 Å². The smallest absolute Gasteiger partial charge is 0.165 e. The summed E-state index contributed by atoms with van der Waals surface area (Å²) in [5.41, 5.74) is 2.82. The van der Waals surface area contributed by atoms with Crippen molar-refractivity contribution in [3.8, 4) is 0 Å². The summed E-state index contributed by atoms with van der Waals surface area (Å²) in [6.07, 6.45) is 6.05. The van der Waals surface area contributed by atoms with Crippen LogP contribution in [0, 0.1) is 0 Å². The number of ether oxygens (including phenoxy) is 1. The molecule has 1 saturated heterocycles. The second-order valence-corrected chi connectivity index (χ2v) is 7.18. The van der Waals surface area contributed by atoms with Gasteiger partial charge in [-0.3, -0.25) is 0 Å². The third kappa shape index (κ3) is 2.55. The van der Waals surface area contributed by atoms with Crippen molar-refractivity contribution in [3.63, 3.8) is 0 Å². The van der Waals surface area contributed by atoms with E-state index in [1.807, 2.05) is 6.33 Å². The summed E-state index contributed by atoms with van der Waals surface area (Å²) in [5.74, 6) is 1.61. The van der Waals surface area contributed by atoms with Crippen LogP contribution in [0.2, 0.25) is 0 Å². The molecule has 0 bridgehead atoms. The summed E-state index contributed by atoms with van der Waals surface area (Å²) >= 11 is 1.77. The maximum atomic E-state index is 5.43. The van der Waals surface area contributed by atoms with Gasteiger partial charge in [-0.25, -0.2) is 19.9 Å². The van der Waals surface area contributed by atoms with Crippen LogP contribution >= 0.6 is 11.3 Å². The lowest BCUT2D eigenvalue weighted by atomic mass is 10.3. The highest BCUT2D eigenvalue weighted by atomic mass is 32.1. The van der Waals surface area contributed by atoms with Gasteiger partial charge in [0.05, 0.1) is 36.8 Å². The molecule has 7 nitrogen and oxygen atoms in total. The lowest BCUT2D eigenvalue weighted by molar-refractivity contribution is 0.122. The van der Waals surface area contributed by atoms with Crippen molar-refractivity contribution in [2.24, 2.45) is 0 Å². The minimum absolute atomic E-state index is 0.707. The molecule has 0 spiro atoms. The first-order valence-corrected chi connectivity index (χ1v) is 9.19. The fraction of sp³-hybridized carbons (Fsp3) is 0.500. The van der Waals surface area contributed by atoms with Crippen LogP contribution in [0.4, 0.5) is 5.82 Å².